The Morgan fingerprint density at radius 1 is 1.02 bits per heavy atom. The van der Waals surface area contributed by atoms with Crippen LogP contribution in [0.3, 0.4) is 0 Å². The number of carbonyl (C=O) groups excluding carboxylic acids is 1. The van der Waals surface area contributed by atoms with Gasteiger partial charge in [0.15, 0.2) is 0 Å². The number of rotatable bonds is 14. The summed E-state index contributed by atoms with van der Waals surface area (Å²) in [6, 6.07) is 18.8. The van der Waals surface area contributed by atoms with Gasteiger partial charge >= 0.3 is 12.1 Å². The molecule has 43 heavy (non-hydrogen) atoms. The third-order valence-corrected chi connectivity index (χ3v) is 5.89. The van der Waals surface area contributed by atoms with Crippen LogP contribution in [0.1, 0.15) is 40.8 Å². The van der Waals surface area contributed by atoms with E-state index in [9.17, 15) is 18.0 Å². The van der Waals surface area contributed by atoms with Crippen molar-refractivity contribution in [1.29, 1.82) is 0 Å². The molecule has 0 saturated carbocycles. The molecule has 8 nitrogen and oxygen atoms in total. The molecule has 0 radical (unpaired) electrons. The number of oxime groups is 2. The molecule has 0 fully saturated rings. The molecule has 0 spiro atoms. The molecule has 0 saturated heterocycles. The number of benzene rings is 3. The van der Waals surface area contributed by atoms with Crippen molar-refractivity contribution in [3.8, 4) is 5.75 Å². The Labute approximate surface area is 247 Å². The molecule has 0 bridgehead atoms. The number of ether oxygens (including phenoxy) is 3. The molecular formula is C32H31F3N2O6. The summed E-state index contributed by atoms with van der Waals surface area (Å²) in [5.41, 5.74) is 2.01. The average Bonchev–Trinajstić information content (AvgIpc) is 3.01. The fourth-order valence-electron chi connectivity index (χ4n) is 3.81. The molecule has 3 aromatic rings. The van der Waals surface area contributed by atoms with Gasteiger partial charge in [-0.2, -0.15) is 13.2 Å². The highest BCUT2D eigenvalue weighted by Gasteiger charge is 2.30. The van der Waals surface area contributed by atoms with Crippen LogP contribution in [-0.4, -0.2) is 38.7 Å². The molecule has 1 unspecified atom stereocenters. The number of halogens is 3. The summed E-state index contributed by atoms with van der Waals surface area (Å²) < 4.78 is 54.6. The van der Waals surface area contributed by atoms with Crippen LogP contribution in [0.4, 0.5) is 13.2 Å². The van der Waals surface area contributed by atoms with E-state index < -0.39 is 23.8 Å². The zero-order valence-electron chi connectivity index (χ0n) is 23.8. The summed E-state index contributed by atoms with van der Waals surface area (Å²) >= 11 is 0. The van der Waals surface area contributed by atoms with Crippen LogP contribution in [0.2, 0.25) is 0 Å². The third-order valence-electron chi connectivity index (χ3n) is 5.89. The lowest BCUT2D eigenvalue weighted by Crippen LogP contribution is -2.09. The van der Waals surface area contributed by atoms with Crippen LogP contribution in [-0.2, 0) is 36.7 Å². The van der Waals surface area contributed by atoms with Crippen molar-refractivity contribution >= 4 is 23.5 Å². The Morgan fingerprint density at radius 2 is 1.77 bits per heavy atom. The lowest BCUT2D eigenvalue weighted by Gasteiger charge is -2.16. The van der Waals surface area contributed by atoms with Crippen LogP contribution in [0, 0.1) is 0 Å². The molecule has 0 N–H and O–H groups in total. The first kappa shape index (κ1) is 32.5. The molecule has 0 aromatic heterocycles. The largest absolute Gasteiger partial charge is 0.503 e. The number of esters is 1. The van der Waals surface area contributed by atoms with E-state index >= 15 is 0 Å². The van der Waals surface area contributed by atoms with Crippen LogP contribution in [0.25, 0.3) is 5.57 Å². The lowest BCUT2D eigenvalue weighted by molar-refractivity contribution is -0.137. The van der Waals surface area contributed by atoms with Crippen molar-refractivity contribution in [3.63, 3.8) is 0 Å². The zero-order valence-corrected chi connectivity index (χ0v) is 23.8. The number of hydrogen-bond acceptors (Lipinski definition) is 8. The Hall–Kier alpha value is -5.06. The van der Waals surface area contributed by atoms with Crippen molar-refractivity contribution in [3.05, 3.63) is 120 Å². The van der Waals surface area contributed by atoms with Crippen LogP contribution in [0.15, 0.2) is 102 Å². The number of nitrogens with zero attached hydrogens (tertiary/aromatic N) is 2. The van der Waals surface area contributed by atoms with Crippen molar-refractivity contribution in [2.75, 3.05) is 20.8 Å². The molecule has 3 rings (SSSR count). The van der Waals surface area contributed by atoms with Crippen molar-refractivity contribution in [1.82, 2.24) is 0 Å². The van der Waals surface area contributed by atoms with Crippen LogP contribution in [0.5, 0.6) is 5.75 Å². The summed E-state index contributed by atoms with van der Waals surface area (Å²) in [7, 11) is 2.71. The summed E-state index contributed by atoms with van der Waals surface area (Å²) in [4.78, 5) is 23.3. The molecule has 11 heteroatoms. The molecule has 3 aromatic carbocycles. The average molecular weight is 597 g/mol. The Balaban J connectivity index is 1.74. The Morgan fingerprint density at radius 3 is 2.44 bits per heavy atom. The van der Waals surface area contributed by atoms with E-state index in [2.05, 4.69) is 16.9 Å². The van der Waals surface area contributed by atoms with E-state index in [1.165, 1.54) is 38.8 Å². The van der Waals surface area contributed by atoms with Crippen molar-refractivity contribution in [2.24, 2.45) is 10.3 Å². The maximum atomic E-state index is 13.0. The van der Waals surface area contributed by atoms with Crippen molar-refractivity contribution in [2.45, 2.75) is 25.8 Å². The van der Waals surface area contributed by atoms with Gasteiger partial charge < -0.3 is 23.9 Å². The zero-order chi connectivity index (χ0) is 31.2. The summed E-state index contributed by atoms with van der Waals surface area (Å²) in [5.74, 6) is -0.127. The molecule has 0 amide bonds. The summed E-state index contributed by atoms with van der Waals surface area (Å²) in [5, 5.41) is 8.18. The van der Waals surface area contributed by atoms with E-state index in [1.807, 2.05) is 0 Å². The molecule has 0 heterocycles. The van der Waals surface area contributed by atoms with E-state index in [0.29, 0.717) is 33.7 Å². The topological polar surface area (TPSA) is 87.9 Å². The van der Waals surface area contributed by atoms with Gasteiger partial charge in [0.1, 0.15) is 36.4 Å². The second-order valence-electron chi connectivity index (χ2n) is 8.90. The van der Waals surface area contributed by atoms with Gasteiger partial charge in [0.25, 0.3) is 0 Å². The van der Waals surface area contributed by atoms with Gasteiger partial charge in [-0.25, -0.2) is 4.79 Å². The number of carbonyl (C=O) groups is 1. The van der Waals surface area contributed by atoms with Gasteiger partial charge in [-0.3, -0.25) is 0 Å². The predicted molar refractivity (Wildman–Crippen MR) is 156 cm³/mol. The summed E-state index contributed by atoms with van der Waals surface area (Å²) in [6.07, 6.45) is -0.812. The van der Waals surface area contributed by atoms with E-state index in [1.54, 1.807) is 61.5 Å². The second-order valence-corrected chi connectivity index (χ2v) is 8.90. The smallest absolute Gasteiger partial charge is 0.416 e. The minimum atomic E-state index is -4.43. The number of alkyl halides is 3. The van der Waals surface area contributed by atoms with Gasteiger partial charge in [-0.05, 0) is 54.4 Å². The second kappa shape index (κ2) is 15.8. The first-order chi connectivity index (χ1) is 20.7. The molecule has 0 aliphatic rings. The van der Waals surface area contributed by atoms with Gasteiger partial charge in [-0.15, -0.1) is 0 Å². The standard InChI is InChI=1S/C32H31F3N2O6/c1-5-17-42-37-30(19-36-43-22(2)27-11-6-7-12-28(27)29(21-39-3)31(38)40-4)24-13-15-26(16-14-24)41-20-23-9-8-10-25(18-23)32(33,34)35/h5-16,18-19,21-22H,1,17,20H2,2-4H3. The predicted octanol–water partition coefficient (Wildman–Crippen LogP) is 7.12. The van der Waals surface area contributed by atoms with E-state index in [0.717, 1.165) is 12.1 Å². The van der Waals surface area contributed by atoms with Gasteiger partial charge in [0, 0.05) is 11.1 Å². The molecule has 0 aliphatic heterocycles. The van der Waals surface area contributed by atoms with Gasteiger partial charge in [0.2, 0.25) is 0 Å². The lowest BCUT2D eigenvalue weighted by atomic mass is 9.97. The highest BCUT2D eigenvalue weighted by atomic mass is 19.4. The Kier molecular flexibility index (Phi) is 11.9. The van der Waals surface area contributed by atoms with Crippen LogP contribution >= 0.6 is 0 Å². The third kappa shape index (κ3) is 9.49. The fraction of sp³-hybridized carbons (Fsp3) is 0.219. The van der Waals surface area contributed by atoms with E-state index in [-0.39, 0.29) is 18.8 Å². The Bertz CT molecular complexity index is 1470. The molecule has 0 aliphatic carbocycles. The van der Waals surface area contributed by atoms with Gasteiger partial charge in [-0.1, -0.05) is 59.4 Å². The highest BCUT2D eigenvalue weighted by Crippen LogP contribution is 2.30. The molecule has 1 atom stereocenters. The normalized spacial score (nSPS) is 12.9. The van der Waals surface area contributed by atoms with Crippen LogP contribution < -0.4 is 4.74 Å². The maximum absolute atomic E-state index is 13.0. The fourth-order valence-corrected chi connectivity index (χ4v) is 3.81. The maximum Gasteiger partial charge on any atom is 0.416 e. The SMILES string of the molecule is C=CCON=C(C=NOC(C)c1ccccc1C(=COC)C(=O)OC)c1ccc(OCc2cccc(C(F)(F)F)c2)cc1. The first-order valence-corrected chi connectivity index (χ1v) is 13.0. The van der Waals surface area contributed by atoms with Gasteiger partial charge in [0.05, 0.1) is 32.3 Å². The highest BCUT2D eigenvalue weighted by molar-refractivity contribution is 6.37. The molecule has 226 valence electrons. The van der Waals surface area contributed by atoms with E-state index in [4.69, 9.17) is 23.9 Å². The number of methoxy groups -OCH3 is 2. The minimum absolute atomic E-state index is 0.0431. The summed E-state index contributed by atoms with van der Waals surface area (Å²) in [6.45, 7) is 5.48. The first-order valence-electron chi connectivity index (χ1n) is 13.0. The monoisotopic (exact) mass is 596 g/mol. The quantitative estimate of drug-likeness (QED) is 0.0375. The van der Waals surface area contributed by atoms with Crippen molar-refractivity contribution < 1.29 is 41.9 Å². The number of hydrogen-bond donors (Lipinski definition) is 0. The minimum Gasteiger partial charge on any atom is -0.503 e. The molecular weight excluding hydrogens is 565 g/mol.